The van der Waals surface area contributed by atoms with Gasteiger partial charge in [0.1, 0.15) is 9.75 Å². The third-order valence-electron chi connectivity index (χ3n) is 8.38. The van der Waals surface area contributed by atoms with Crippen molar-refractivity contribution in [2.45, 2.75) is 35.4 Å². The number of unbranched alkanes of at least 4 members (excludes halogenated alkanes) is 2. The zero-order valence-electron chi connectivity index (χ0n) is 21.8. The third-order valence-corrected chi connectivity index (χ3v) is 9.92. The SMILES string of the molecule is O=C(CCCCCN1C(=O)[C@@H]2[C@H](C1=O)C1(Cl)c3ccccc3C2(Cl)c2ccccc21)NNC(=O)c1ccc(Cl)cc1. The monoisotopic (exact) mass is 609 g/mol. The second-order valence-electron chi connectivity index (χ2n) is 10.6. The molecule has 1 aliphatic heterocycles. The van der Waals surface area contributed by atoms with E-state index in [2.05, 4.69) is 10.9 Å². The summed E-state index contributed by atoms with van der Waals surface area (Å²) in [5, 5.41) is 0.508. The number of hydrogen-bond donors (Lipinski definition) is 2. The standard InChI is InChI=1S/C31H26Cl3N3O4/c32-19-15-13-18(14-16-19)27(39)36-35-24(38)12-2-1-7-17-37-28(40)25-26(29(37)41)31(34)21-9-4-3-8-20(21)30(25,33)22-10-5-6-11-23(22)31/h3-6,8-11,13-16,25-26H,1-2,7,12,17H2,(H,35,38)(H,36,39)/t25-,26+,30?,31?. The van der Waals surface area contributed by atoms with Crippen LogP contribution < -0.4 is 10.9 Å². The van der Waals surface area contributed by atoms with Crippen molar-refractivity contribution in [1.29, 1.82) is 0 Å². The predicted molar refractivity (Wildman–Crippen MR) is 155 cm³/mol. The summed E-state index contributed by atoms with van der Waals surface area (Å²) in [6.45, 7) is 0.215. The molecule has 0 saturated carbocycles. The van der Waals surface area contributed by atoms with Gasteiger partial charge in [0, 0.05) is 23.6 Å². The van der Waals surface area contributed by atoms with Gasteiger partial charge in [-0.1, -0.05) is 66.6 Å². The maximum Gasteiger partial charge on any atom is 0.269 e. The molecule has 210 valence electrons. The van der Waals surface area contributed by atoms with Crippen LogP contribution in [0, 0.1) is 11.8 Å². The maximum absolute atomic E-state index is 13.8. The van der Waals surface area contributed by atoms with Crippen molar-refractivity contribution in [2.75, 3.05) is 6.54 Å². The highest BCUT2D eigenvalue weighted by Crippen LogP contribution is 2.69. The highest BCUT2D eigenvalue weighted by Gasteiger charge is 2.72. The Morgan fingerprint density at radius 2 is 1.20 bits per heavy atom. The van der Waals surface area contributed by atoms with Crippen molar-refractivity contribution in [3.63, 3.8) is 0 Å². The van der Waals surface area contributed by atoms with E-state index >= 15 is 0 Å². The van der Waals surface area contributed by atoms with E-state index in [1.54, 1.807) is 24.3 Å². The third kappa shape index (κ3) is 4.25. The van der Waals surface area contributed by atoms with Crippen LogP contribution in [0.5, 0.6) is 0 Å². The molecule has 1 saturated heterocycles. The summed E-state index contributed by atoms with van der Waals surface area (Å²) < 4.78 is 0. The Labute approximate surface area is 252 Å². The van der Waals surface area contributed by atoms with Crippen LogP contribution in [0.25, 0.3) is 0 Å². The summed E-state index contributed by atoms with van der Waals surface area (Å²) in [6, 6.07) is 21.4. The first-order valence-electron chi connectivity index (χ1n) is 13.5. The van der Waals surface area contributed by atoms with Gasteiger partial charge in [-0.25, -0.2) is 0 Å². The highest BCUT2D eigenvalue weighted by atomic mass is 35.5. The number of imide groups is 1. The van der Waals surface area contributed by atoms with E-state index < -0.39 is 27.5 Å². The minimum Gasteiger partial charge on any atom is -0.282 e. The van der Waals surface area contributed by atoms with Gasteiger partial charge in [-0.15, -0.1) is 23.2 Å². The molecule has 0 radical (unpaired) electrons. The van der Waals surface area contributed by atoms with Gasteiger partial charge in [-0.05, 0) is 59.4 Å². The fourth-order valence-corrected chi connectivity index (χ4v) is 7.76. The Hall–Kier alpha value is -3.39. The van der Waals surface area contributed by atoms with Crippen molar-refractivity contribution >= 4 is 58.4 Å². The Kier molecular flexibility index (Phi) is 7.09. The van der Waals surface area contributed by atoms with Gasteiger partial charge in [0.2, 0.25) is 17.7 Å². The number of likely N-dealkylation sites (tertiary alicyclic amines) is 1. The van der Waals surface area contributed by atoms with Crippen molar-refractivity contribution in [3.05, 3.63) is 106 Å². The maximum atomic E-state index is 13.8. The second kappa shape index (κ2) is 10.5. The average molecular weight is 611 g/mol. The Morgan fingerprint density at radius 1 is 0.707 bits per heavy atom. The fourth-order valence-electron chi connectivity index (χ4n) is 6.54. The number of nitrogens with zero attached hydrogens (tertiary/aromatic N) is 1. The zero-order chi connectivity index (χ0) is 28.9. The van der Waals surface area contributed by atoms with Crippen LogP contribution in [0.1, 0.15) is 58.3 Å². The molecule has 2 atom stereocenters. The smallest absolute Gasteiger partial charge is 0.269 e. The summed E-state index contributed by atoms with van der Waals surface area (Å²) in [5.74, 6) is -3.04. The summed E-state index contributed by atoms with van der Waals surface area (Å²) in [6.07, 6.45) is 1.81. The number of amides is 4. The van der Waals surface area contributed by atoms with Crippen LogP contribution in [-0.4, -0.2) is 35.1 Å². The lowest BCUT2D eigenvalue weighted by atomic mass is 9.54. The van der Waals surface area contributed by atoms with Crippen LogP contribution in [0.3, 0.4) is 0 Å². The van der Waals surface area contributed by atoms with Crippen molar-refractivity contribution in [3.8, 4) is 0 Å². The first kappa shape index (κ1) is 27.8. The van der Waals surface area contributed by atoms with Crippen LogP contribution in [0.15, 0.2) is 72.8 Å². The molecule has 3 aromatic rings. The van der Waals surface area contributed by atoms with Gasteiger partial charge in [0.15, 0.2) is 0 Å². The molecule has 10 heteroatoms. The molecular weight excluding hydrogens is 585 g/mol. The van der Waals surface area contributed by atoms with E-state index in [0.717, 1.165) is 22.3 Å². The molecule has 4 amide bonds. The van der Waals surface area contributed by atoms with E-state index in [0.29, 0.717) is 29.8 Å². The number of carbonyl (C=O) groups excluding carboxylic acids is 4. The number of benzene rings is 3. The normalized spacial score (nSPS) is 25.4. The number of carbonyl (C=O) groups is 4. The number of nitrogens with one attached hydrogen (secondary N) is 2. The van der Waals surface area contributed by atoms with E-state index in [1.807, 2.05) is 48.5 Å². The number of hydrazine groups is 1. The molecule has 3 aromatic carbocycles. The topological polar surface area (TPSA) is 95.6 Å². The van der Waals surface area contributed by atoms with Gasteiger partial charge < -0.3 is 0 Å². The largest absolute Gasteiger partial charge is 0.282 e. The minimum absolute atomic E-state index is 0.175. The molecule has 0 unspecified atom stereocenters. The Morgan fingerprint density at radius 3 is 1.68 bits per heavy atom. The highest BCUT2D eigenvalue weighted by molar-refractivity contribution is 6.36. The van der Waals surface area contributed by atoms with Crippen LogP contribution in [-0.2, 0) is 24.1 Å². The molecular formula is C31H26Cl3N3O4. The van der Waals surface area contributed by atoms with Gasteiger partial charge >= 0.3 is 0 Å². The van der Waals surface area contributed by atoms with Crippen LogP contribution >= 0.6 is 34.8 Å². The molecule has 2 bridgehead atoms. The van der Waals surface area contributed by atoms with E-state index in [1.165, 1.54) is 4.90 Å². The van der Waals surface area contributed by atoms with E-state index in [9.17, 15) is 19.2 Å². The number of halogens is 3. The van der Waals surface area contributed by atoms with Crippen molar-refractivity contribution in [2.24, 2.45) is 11.8 Å². The van der Waals surface area contributed by atoms with E-state index in [-0.39, 0.29) is 30.7 Å². The van der Waals surface area contributed by atoms with E-state index in [4.69, 9.17) is 34.8 Å². The molecule has 4 aliphatic rings. The molecule has 1 heterocycles. The molecule has 1 fully saturated rings. The van der Waals surface area contributed by atoms with Gasteiger partial charge in [0.05, 0.1) is 11.8 Å². The van der Waals surface area contributed by atoms with Gasteiger partial charge in [-0.3, -0.25) is 34.9 Å². The minimum atomic E-state index is -1.19. The summed E-state index contributed by atoms with van der Waals surface area (Å²) in [4.78, 5) is 50.9. The lowest BCUT2D eigenvalue weighted by Crippen LogP contribution is -2.57. The number of rotatable bonds is 7. The van der Waals surface area contributed by atoms with Gasteiger partial charge in [-0.2, -0.15) is 0 Å². The molecule has 7 rings (SSSR count). The van der Waals surface area contributed by atoms with Crippen LogP contribution in [0.2, 0.25) is 5.02 Å². The lowest BCUT2D eigenvalue weighted by Gasteiger charge is -2.54. The number of hydrogen-bond acceptors (Lipinski definition) is 4. The summed E-state index contributed by atoms with van der Waals surface area (Å²) >= 11 is 20.7. The molecule has 0 aromatic heterocycles. The lowest BCUT2D eigenvalue weighted by molar-refractivity contribution is -0.140. The second-order valence-corrected chi connectivity index (χ2v) is 12.2. The van der Waals surface area contributed by atoms with Crippen molar-refractivity contribution < 1.29 is 19.2 Å². The van der Waals surface area contributed by atoms with Gasteiger partial charge in [0.25, 0.3) is 5.91 Å². The summed E-state index contributed by atoms with van der Waals surface area (Å²) in [7, 11) is 0. The first-order valence-corrected chi connectivity index (χ1v) is 14.6. The summed E-state index contributed by atoms with van der Waals surface area (Å²) in [5.41, 5.74) is 8.23. The van der Waals surface area contributed by atoms with Crippen molar-refractivity contribution in [1.82, 2.24) is 15.8 Å². The van der Waals surface area contributed by atoms with Crippen LogP contribution in [0.4, 0.5) is 0 Å². The average Bonchev–Trinajstić information content (AvgIpc) is 3.25. The first-order chi connectivity index (χ1) is 19.7. The Bertz CT molecular complexity index is 1450. The predicted octanol–water partition coefficient (Wildman–Crippen LogP) is 5.25. The number of alkyl halides is 2. The zero-order valence-corrected chi connectivity index (χ0v) is 24.1. The quantitative estimate of drug-likeness (QED) is 0.165. The molecule has 41 heavy (non-hydrogen) atoms. The molecule has 7 nitrogen and oxygen atoms in total. The fraction of sp³-hybridized carbons (Fsp3) is 0.290. The molecule has 3 aliphatic carbocycles. The molecule has 0 spiro atoms. The molecule has 2 N–H and O–H groups in total. The Balaban J connectivity index is 1.08.